The van der Waals surface area contributed by atoms with Gasteiger partial charge >= 0.3 is 0 Å². The van der Waals surface area contributed by atoms with E-state index in [1.54, 1.807) is 24.3 Å². The number of rotatable bonds is 3. The third kappa shape index (κ3) is 2.25. The van der Waals surface area contributed by atoms with E-state index in [0.29, 0.717) is 11.5 Å². The SMILES string of the molecule is COc1ccccc1Oc1c(O)cccc1O. The molecule has 0 saturated heterocycles. The molecule has 0 aromatic heterocycles. The summed E-state index contributed by atoms with van der Waals surface area (Å²) in [5, 5.41) is 19.2. The van der Waals surface area contributed by atoms with Crippen LogP contribution in [0.25, 0.3) is 0 Å². The first-order valence-electron chi connectivity index (χ1n) is 5.04. The number of phenols is 2. The van der Waals surface area contributed by atoms with Crippen molar-refractivity contribution >= 4 is 0 Å². The van der Waals surface area contributed by atoms with E-state index in [-0.39, 0.29) is 17.2 Å². The summed E-state index contributed by atoms with van der Waals surface area (Å²) in [6.45, 7) is 0. The Bertz CT molecular complexity index is 502. The average Bonchev–Trinajstić information content (AvgIpc) is 2.34. The van der Waals surface area contributed by atoms with Crippen LogP contribution in [0.5, 0.6) is 28.7 Å². The fourth-order valence-electron chi connectivity index (χ4n) is 1.43. The van der Waals surface area contributed by atoms with Crippen LogP contribution >= 0.6 is 0 Å². The van der Waals surface area contributed by atoms with Crippen LogP contribution in [-0.4, -0.2) is 17.3 Å². The number of methoxy groups -OCH3 is 1. The molecule has 0 fully saturated rings. The van der Waals surface area contributed by atoms with Gasteiger partial charge < -0.3 is 19.7 Å². The molecule has 0 radical (unpaired) electrons. The van der Waals surface area contributed by atoms with E-state index in [0.717, 1.165) is 0 Å². The predicted octanol–water partition coefficient (Wildman–Crippen LogP) is 2.90. The zero-order valence-corrected chi connectivity index (χ0v) is 9.25. The maximum Gasteiger partial charge on any atom is 0.210 e. The number of para-hydroxylation sites is 3. The Kier molecular flexibility index (Phi) is 3.05. The summed E-state index contributed by atoms with van der Waals surface area (Å²) in [5.41, 5.74) is 0. The summed E-state index contributed by atoms with van der Waals surface area (Å²) in [6.07, 6.45) is 0. The lowest BCUT2D eigenvalue weighted by atomic mass is 10.3. The molecule has 0 atom stereocenters. The quantitative estimate of drug-likeness (QED) is 0.854. The molecule has 2 N–H and O–H groups in total. The molecule has 4 nitrogen and oxygen atoms in total. The first kappa shape index (κ1) is 11.1. The average molecular weight is 232 g/mol. The summed E-state index contributed by atoms with van der Waals surface area (Å²) in [4.78, 5) is 0. The van der Waals surface area contributed by atoms with Crippen molar-refractivity contribution in [3.05, 3.63) is 42.5 Å². The third-order valence-electron chi connectivity index (χ3n) is 2.25. The van der Waals surface area contributed by atoms with Crippen molar-refractivity contribution in [1.82, 2.24) is 0 Å². The topological polar surface area (TPSA) is 58.9 Å². The molecule has 0 heterocycles. The number of hydrogen-bond acceptors (Lipinski definition) is 4. The second-order valence-electron chi connectivity index (χ2n) is 3.38. The number of benzene rings is 2. The van der Waals surface area contributed by atoms with Gasteiger partial charge in [-0.25, -0.2) is 0 Å². The van der Waals surface area contributed by atoms with Crippen LogP contribution in [0.3, 0.4) is 0 Å². The fourth-order valence-corrected chi connectivity index (χ4v) is 1.43. The van der Waals surface area contributed by atoms with Gasteiger partial charge in [-0.2, -0.15) is 0 Å². The molecule has 0 unspecified atom stereocenters. The fraction of sp³-hybridized carbons (Fsp3) is 0.0769. The van der Waals surface area contributed by atoms with Gasteiger partial charge in [-0.05, 0) is 24.3 Å². The van der Waals surface area contributed by atoms with Crippen LogP contribution in [0.15, 0.2) is 42.5 Å². The van der Waals surface area contributed by atoms with E-state index in [1.807, 2.05) is 0 Å². The van der Waals surface area contributed by atoms with Crippen LogP contribution in [0.2, 0.25) is 0 Å². The van der Waals surface area contributed by atoms with E-state index in [9.17, 15) is 10.2 Å². The molecule has 0 aliphatic rings. The van der Waals surface area contributed by atoms with Crippen molar-refractivity contribution in [2.75, 3.05) is 7.11 Å². The molecule has 0 saturated carbocycles. The summed E-state index contributed by atoms with van der Waals surface area (Å²) >= 11 is 0. The highest BCUT2D eigenvalue weighted by Crippen LogP contribution is 2.41. The van der Waals surface area contributed by atoms with Gasteiger partial charge in [0.25, 0.3) is 0 Å². The van der Waals surface area contributed by atoms with Crippen molar-refractivity contribution in [1.29, 1.82) is 0 Å². The standard InChI is InChI=1S/C13H12O4/c1-16-11-7-2-3-8-12(11)17-13-9(14)5-4-6-10(13)15/h2-8,14-15H,1H3. The van der Waals surface area contributed by atoms with Crippen LogP contribution in [-0.2, 0) is 0 Å². The zero-order valence-electron chi connectivity index (χ0n) is 9.25. The minimum absolute atomic E-state index is 0.0111. The van der Waals surface area contributed by atoms with Crippen molar-refractivity contribution < 1.29 is 19.7 Å². The van der Waals surface area contributed by atoms with Crippen molar-refractivity contribution in [2.24, 2.45) is 0 Å². The van der Waals surface area contributed by atoms with Gasteiger partial charge in [0.05, 0.1) is 7.11 Å². The Hall–Kier alpha value is -2.36. The van der Waals surface area contributed by atoms with E-state index < -0.39 is 0 Å². The van der Waals surface area contributed by atoms with Crippen LogP contribution in [0, 0.1) is 0 Å². The van der Waals surface area contributed by atoms with E-state index >= 15 is 0 Å². The maximum absolute atomic E-state index is 9.59. The first-order valence-corrected chi connectivity index (χ1v) is 5.04. The van der Waals surface area contributed by atoms with Crippen LogP contribution in [0.1, 0.15) is 0 Å². The summed E-state index contributed by atoms with van der Waals surface area (Å²) < 4.78 is 10.5. The Morgan fingerprint density at radius 3 is 2.00 bits per heavy atom. The molecule has 0 spiro atoms. The predicted molar refractivity (Wildman–Crippen MR) is 62.8 cm³/mol. The maximum atomic E-state index is 9.59. The number of aromatic hydroxyl groups is 2. The normalized spacial score (nSPS) is 9.94. The van der Waals surface area contributed by atoms with Gasteiger partial charge in [0.1, 0.15) is 0 Å². The largest absolute Gasteiger partial charge is 0.504 e. The highest BCUT2D eigenvalue weighted by atomic mass is 16.5. The van der Waals surface area contributed by atoms with E-state index in [2.05, 4.69) is 0 Å². The van der Waals surface area contributed by atoms with Gasteiger partial charge in [-0.15, -0.1) is 0 Å². The Balaban J connectivity index is 2.38. The lowest BCUT2D eigenvalue weighted by Gasteiger charge is -2.11. The number of phenolic OH excluding ortho intramolecular Hbond substituents is 2. The summed E-state index contributed by atoms with van der Waals surface area (Å²) in [6, 6.07) is 11.4. The van der Waals surface area contributed by atoms with Gasteiger partial charge in [0.15, 0.2) is 23.0 Å². The third-order valence-corrected chi connectivity index (χ3v) is 2.25. The van der Waals surface area contributed by atoms with Crippen LogP contribution < -0.4 is 9.47 Å². The van der Waals surface area contributed by atoms with Crippen molar-refractivity contribution in [3.8, 4) is 28.7 Å². The molecule has 2 aromatic rings. The molecule has 0 aliphatic heterocycles. The lowest BCUT2D eigenvalue weighted by molar-refractivity contribution is 0.350. The molecule has 88 valence electrons. The minimum Gasteiger partial charge on any atom is -0.504 e. The zero-order chi connectivity index (χ0) is 12.3. The molecule has 4 heteroatoms. The molecular weight excluding hydrogens is 220 g/mol. The minimum atomic E-state index is -0.129. The molecule has 2 rings (SSSR count). The lowest BCUT2D eigenvalue weighted by Crippen LogP contribution is -1.90. The van der Waals surface area contributed by atoms with E-state index in [1.165, 1.54) is 25.3 Å². The molecule has 0 bridgehead atoms. The van der Waals surface area contributed by atoms with Gasteiger partial charge in [-0.3, -0.25) is 0 Å². The van der Waals surface area contributed by atoms with Gasteiger partial charge in [0.2, 0.25) is 5.75 Å². The van der Waals surface area contributed by atoms with E-state index in [4.69, 9.17) is 9.47 Å². The summed E-state index contributed by atoms with van der Waals surface area (Å²) in [7, 11) is 1.52. The molecular formula is C13H12O4. The highest BCUT2D eigenvalue weighted by molar-refractivity contribution is 5.53. The summed E-state index contributed by atoms with van der Waals surface area (Å²) in [5.74, 6) is 0.700. The highest BCUT2D eigenvalue weighted by Gasteiger charge is 2.11. The smallest absolute Gasteiger partial charge is 0.210 e. The Morgan fingerprint density at radius 1 is 0.824 bits per heavy atom. The second kappa shape index (κ2) is 4.65. The molecule has 2 aromatic carbocycles. The Labute approximate surface area is 98.7 Å². The monoisotopic (exact) mass is 232 g/mol. The second-order valence-corrected chi connectivity index (χ2v) is 3.38. The Morgan fingerprint density at radius 2 is 1.41 bits per heavy atom. The molecule has 0 amide bonds. The van der Waals surface area contributed by atoms with Crippen molar-refractivity contribution in [3.63, 3.8) is 0 Å². The molecule has 0 aliphatic carbocycles. The van der Waals surface area contributed by atoms with Gasteiger partial charge in [0, 0.05) is 0 Å². The number of ether oxygens (including phenoxy) is 2. The van der Waals surface area contributed by atoms with Crippen molar-refractivity contribution in [2.45, 2.75) is 0 Å². The first-order chi connectivity index (χ1) is 8.22. The van der Waals surface area contributed by atoms with Crippen LogP contribution in [0.4, 0.5) is 0 Å². The van der Waals surface area contributed by atoms with Gasteiger partial charge in [-0.1, -0.05) is 18.2 Å². The number of hydrogen-bond donors (Lipinski definition) is 2. The molecule has 17 heavy (non-hydrogen) atoms.